The largest absolute Gasteiger partial charge is 0.309 e. The number of nitrogens with zero attached hydrogens (tertiary/aromatic N) is 3. The lowest BCUT2D eigenvalue weighted by atomic mass is 9.98. The number of benzene rings is 6. The van der Waals surface area contributed by atoms with E-state index in [1.807, 2.05) is 6.07 Å². The molecule has 0 fully saturated rings. The summed E-state index contributed by atoms with van der Waals surface area (Å²) in [4.78, 5) is 7.44. The molecule has 0 saturated heterocycles. The Bertz CT molecular complexity index is 2350. The van der Waals surface area contributed by atoms with Gasteiger partial charge in [0.25, 0.3) is 0 Å². The van der Waals surface area contributed by atoms with Gasteiger partial charge in [-0.25, -0.2) is 4.98 Å². The Kier molecular flexibility index (Phi) is 5.50. The zero-order chi connectivity index (χ0) is 29.0. The fraction of sp³-hybridized carbons (Fsp3) is 0. The molecule has 3 heterocycles. The van der Waals surface area contributed by atoms with Gasteiger partial charge in [0.1, 0.15) is 0 Å². The van der Waals surface area contributed by atoms with Crippen LogP contribution in [0, 0.1) is 0 Å². The molecule has 2 aromatic heterocycles. The van der Waals surface area contributed by atoms with Crippen molar-refractivity contribution in [3.8, 4) is 39.3 Å². The minimum atomic E-state index is 0.965. The molecule has 0 saturated carbocycles. The first-order valence-corrected chi connectivity index (χ1v) is 15.0. The van der Waals surface area contributed by atoms with E-state index < -0.39 is 0 Å². The Morgan fingerprint density at radius 1 is 0.477 bits per heavy atom. The molecule has 44 heavy (non-hydrogen) atoms. The molecule has 1 aliphatic rings. The van der Waals surface area contributed by atoms with Crippen molar-refractivity contribution < 1.29 is 0 Å². The second-order valence-electron chi connectivity index (χ2n) is 11.2. The first kappa shape index (κ1) is 24.6. The molecule has 0 radical (unpaired) electrons. The molecule has 9 rings (SSSR count). The van der Waals surface area contributed by atoms with Crippen molar-refractivity contribution in [1.29, 1.82) is 0 Å². The van der Waals surface area contributed by atoms with Gasteiger partial charge >= 0.3 is 0 Å². The molecule has 0 bridgehead atoms. The van der Waals surface area contributed by atoms with E-state index in [-0.39, 0.29) is 0 Å². The van der Waals surface area contributed by atoms with Gasteiger partial charge in [-0.3, -0.25) is 0 Å². The third-order valence-electron chi connectivity index (χ3n) is 8.70. The number of aromatic nitrogens is 2. The predicted octanol–water partition coefficient (Wildman–Crippen LogP) is 11.0. The zero-order valence-electron chi connectivity index (χ0n) is 23.9. The summed E-state index contributed by atoms with van der Waals surface area (Å²) >= 11 is 0. The van der Waals surface area contributed by atoms with Gasteiger partial charge < -0.3 is 9.47 Å². The average molecular weight is 562 g/mol. The van der Waals surface area contributed by atoms with Crippen LogP contribution in [0.3, 0.4) is 0 Å². The molecule has 0 unspecified atom stereocenters. The maximum Gasteiger partial charge on any atom is 0.0710 e. The van der Waals surface area contributed by atoms with Gasteiger partial charge in [0.05, 0.1) is 33.8 Å². The standard InChI is InChI=1S/C41H27N3/c1-2-15-30(16-3-1)44-38-23-10-6-19-33(38)40-32-18-5-9-22-37(32)43(39-24-11-7-20-34(39)41(40)44)31-17-12-14-29(27-31)36-26-25-28-13-4-8-21-35(28)42-36/h1-27H. The summed E-state index contributed by atoms with van der Waals surface area (Å²) in [5.74, 6) is 0. The van der Waals surface area contributed by atoms with E-state index in [1.165, 1.54) is 33.3 Å². The lowest BCUT2D eigenvalue weighted by Crippen LogP contribution is -2.11. The van der Waals surface area contributed by atoms with E-state index in [9.17, 15) is 0 Å². The van der Waals surface area contributed by atoms with Crippen molar-refractivity contribution in [1.82, 2.24) is 9.55 Å². The van der Waals surface area contributed by atoms with Crippen LogP contribution in [-0.2, 0) is 0 Å². The molecule has 3 heteroatoms. The Hall–Kier alpha value is -5.93. The number of para-hydroxylation sites is 5. The Labute approximate surface area is 255 Å². The molecule has 3 nitrogen and oxygen atoms in total. The van der Waals surface area contributed by atoms with Crippen LogP contribution in [0.5, 0.6) is 0 Å². The zero-order valence-corrected chi connectivity index (χ0v) is 23.9. The van der Waals surface area contributed by atoms with Crippen molar-refractivity contribution in [3.63, 3.8) is 0 Å². The molecule has 6 aromatic carbocycles. The number of hydrogen-bond acceptors (Lipinski definition) is 2. The number of rotatable bonds is 3. The summed E-state index contributed by atoms with van der Waals surface area (Å²) in [5.41, 5.74) is 13.6. The maximum absolute atomic E-state index is 5.02. The van der Waals surface area contributed by atoms with Gasteiger partial charge in [0.2, 0.25) is 0 Å². The summed E-state index contributed by atoms with van der Waals surface area (Å²) in [5, 5.41) is 2.39. The first-order chi connectivity index (χ1) is 21.8. The third-order valence-corrected chi connectivity index (χ3v) is 8.70. The maximum atomic E-state index is 5.02. The SMILES string of the molecule is c1ccc(-n2c3c(c4ccccc42)-c2ccccc2N(c2cccc(-c4ccc5ccccc5n4)c2)c2ccccc2-3)cc1. The predicted molar refractivity (Wildman–Crippen MR) is 183 cm³/mol. The van der Waals surface area contributed by atoms with Crippen LogP contribution >= 0.6 is 0 Å². The highest BCUT2D eigenvalue weighted by Gasteiger charge is 2.31. The molecule has 206 valence electrons. The van der Waals surface area contributed by atoms with Gasteiger partial charge in [-0.15, -0.1) is 0 Å². The van der Waals surface area contributed by atoms with Crippen LogP contribution in [0.25, 0.3) is 61.1 Å². The molecule has 0 aliphatic carbocycles. The Balaban J connectivity index is 1.33. The molecule has 1 aliphatic heterocycles. The number of anilines is 3. The topological polar surface area (TPSA) is 21.1 Å². The van der Waals surface area contributed by atoms with Gasteiger partial charge in [-0.1, -0.05) is 109 Å². The number of hydrogen-bond donors (Lipinski definition) is 0. The van der Waals surface area contributed by atoms with E-state index in [0.29, 0.717) is 0 Å². The number of pyridine rings is 1. The van der Waals surface area contributed by atoms with Crippen molar-refractivity contribution in [2.45, 2.75) is 0 Å². The quantitative estimate of drug-likeness (QED) is 0.214. The average Bonchev–Trinajstić information content (AvgIpc) is 3.38. The van der Waals surface area contributed by atoms with Gasteiger partial charge in [0, 0.05) is 44.4 Å². The lowest BCUT2D eigenvalue weighted by molar-refractivity contribution is 1.13. The third kappa shape index (κ3) is 3.73. The van der Waals surface area contributed by atoms with Crippen molar-refractivity contribution in [2.24, 2.45) is 0 Å². The van der Waals surface area contributed by atoms with Crippen LogP contribution < -0.4 is 4.90 Å². The molecular weight excluding hydrogens is 534 g/mol. The molecular formula is C41H27N3. The second-order valence-corrected chi connectivity index (χ2v) is 11.2. The highest BCUT2D eigenvalue weighted by molar-refractivity contribution is 6.13. The summed E-state index contributed by atoms with van der Waals surface area (Å²) in [6.07, 6.45) is 0. The van der Waals surface area contributed by atoms with Crippen molar-refractivity contribution in [3.05, 3.63) is 164 Å². The Morgan fingerprint density at radius 3 is 2.05 bits per heavy atom. The van der Waals surface area contributed by atoms with E-state index in [1.54, 1.807) is 0 Å². The van der Waals surface area contributed by atoms with E-state index in [4.69, 9.17) is 4.98 Å². The van der Waals surface area contributed by atoms with Crippen molar-refractivity contribution >= 4 is 38.9 Å². The van der Waals surface area contributed by atoms with Crippen LogP contribution in [0.2, 0.25) is 0 Å². The summed E-state index contributed by atoms with van der Waals surface area (Å²) in [6, 6.07) is 58.4. The normalized spacial score (nSPS) is 12.0. The highest BCUT2D eigenvalue weighted by Crippen LogP contribution is 2.54. The van der Waals surface area contributed by atoms with Gasteiger partial charge in [0.15, 0.2) is 0 Å². The summed E-state index contributed by atoms with van der Waals surface area (Å²) in [7, 11) is 0. The minimum Gasteiger partial charge on any atom is -0.309 e. The van der Waals surface area contributed by atoms with Crippen LogP contribution in [-0.4, -0.2) is 9.55 Å². The van der Waals surface area contributed by atoms with Crippen molar-refractivity contribution in [2.75, 3.05) is 4.90 Å². The summed E-state index contributed by atoms with van der Waals surface area (Å²) in [6.45, 7) is 0. The fourth-order valence-corrected chi connectivity index (χ4v) is 6.80. The molecule has 0 N–H and O–H groups in total. The monoisotopic (exact) mass is 561 g/mol. The molecule has 8 aromatic rings. The smallest absolute Gasteiger partial charge is 0.0710 e. The molecule has 0 atom stereocenters. The fourth-order valence-electron chi connectivity index (χ4n) is 6.80. The van der Waals surface area contributed by atoms with Gasteiger partial charge in [-0.05, 0) is 54.6 Å². The highest BCUT2D eigenvalue weighted by atomic mass is 15.2. The van der Waals surface area contributed by atoms with Crippen LogP contribution in [0.1, 0.15) is 0 Å². The van der Waals surface area contributed by atoms with Gasteiger partial charge in [-0.2, -0.15) is 0 Å². The van der Waals surface area contributed by atoms with Crippen LogP contribution in [0.4, 0.5) is 17.1 Å². The van der Waals surface area contributed by atoms with Crippen LogP contribution in [0.15, 0.2) is 164 Å². The minimum absolute atomic E-state index is 0.965. The van der Waals surface area contributed by atoms with E-state index in [0.717, 1.165) is 44.9 Å². The van der Waals surface area contributed by atoms with E-state index >= 15 is 0 Å². The lowest BCUT2D eigenvalue weighted by Gasteiger charge is -2.28. The molecule has 0 spiro atoms. The number of fused-ring (bicyclic) bond motifs is 8. The summed E-state index contributed by atoms with van der Waals surface area (Å²) < 4.78 is 2.43. The Morgan fingerprint density at radius 2 is 1.16 bits per heavy atom. The first-order valence-electron chi connectivity index (χ1n) is 15.0. The second kappa shape index (κ2) is 9.82. The van der Waals surface area contributed by atoms with E-state index in [2.05, 4.69) is 167 Å². The molecule has 0 amide bonds.